The van der Waals surface area contributed by atoms with Crippen LogP contribution in [0.4, 0.5) is 0 Å². The van der Waals surface area contributed by atoms with Crippen molar-refractivity contribution in [3.63, 3.8) is 0 Å². The molecule has 0 N–H and O–H groups in total. The molecule has 0 aliphatic heterocycles. The molecule has 1 rings (SSSR count). The van der Waals surface area contributed by atoms with E-state index in [0.29, 0.717) is 12.8 Å². The number of methoxy groups -OCH3 is 2. The molecule has 1 saturated carbocycles. The number of Topliss-reactive ketones (excluding diaryl/α,β-unsaturated/α-hetero) is 1. The topological polar surface area (TPSA) is 69.7 Å². The van der Waals surface area contributed by atoms with Gasteiger partial charge in [-0.15, -0.1) is 0 Å². The predicted molar refractivity (Wildman–Crippen MR) is 54.5 cm³/mol. The maximum atomic E-state index is 11.3. The van der Waals surface area contributed by atoms with E-state index in [1.54, 1.807) is 0 Å². The summed E-state index contributed by atoms with van der Waals surface area (Å²) in [5, 5.41) is 0. The highest BCUT2D eigenvalue weighted by Gasteiger charge is 2.35. The summed E-state index contributed by atoms with van der Waals surface area (Å²) in [6.07, 6.45) is 1.11. The molecule has 16 heavy (non-hydrogen) atoms. The van der Waals surface area contributed by atoms with Crippen LogP contribution in [0.1, 0.15) is 25.7 Å². The zero-order valence-corrected chi connectivity index (χ0v) is 9.52. The first kappa shape index (κ1) is 12.7. The van der Waals surface area contributed by atoms with Crippen molar-refractivity contribution in [3.05, 3.63) is 0 Å². The minimum Gasteiger partial charge on any atom is -0.469 e. The van der Waals surface area contributed by atoms with Crippen LogP contribution in [-0.4, -0.2) is 31.9 Å². The fourth-order valence-electron chi connectivity index (χ4n) is 2.07. The van der Waals surface area contributed by atoms with Crippen LogP contribution in [0.5, 0.6) is 0 Å². The third-order valence-electron chi connectivity index (χ3n) is 2.96. The number of carbonyl (C=O) groups excluding carboxylic acids is 3. The quantitative estimate of drug-likeness (QED) is 0.663. The standard InChI is InChI=1S/C11H16O5/c1-15-10(13)5-7-3-9(12)4-8(7)6-11(14)16-2/h7-8H,3-6H2,1-2H3/t7-,8-/m1/s1. The van der Waals surface area contributed by atoms with Crippen molar-refractivity contribution in [1.82, 2.24) is 0 Å². The Labute approximate surface area is 94.1 Å². The van der Waals surface area contributed by atoms with Gasteiger partial charge in [0, 0.05) is 25.7 Å². The maximum absolute atomic E-state index is 11.3. The van der Waals surface area contributed by atoms with Gasteiger partial charge in [0.2, 0.25) is 0 Å². The summed E-state index contributed by atoms with van der Waals surface area (Å²) >= 11 is 0. The smallest absolute Gasteiger partial charge is 0.305 e. The van der Waals surface area contributed by atoms with Crippen LogP contribution in [-0.2, 0) is 23.9 Å². The second-order valence-corrected chi connectivity index (χ2v) is 4.03. The molecule has 0 bridgehead atoms. The van der Waals surface area contributed by atoms with Crippen LogP contribution in [0.25, 0.3) is 0 Å². The van der Waals surface area contributed by atoms with E-state index >= 15 is 0 Å². The van der Waals surface area contributed by atoms with Gasteiger partial charge in [0.25, 0.3) is 0 Å². The summed E-state index contributed by atoms with van der Waals surface area (Å²) in [4.78, 5) is 33.6. The molecule has 2 atom stereocenters. The van der Waals surface area contributed by atoms with E-state index in [-0.39, 0.29) is 42.4 Å². The lowest BCUT2D eigenvalue weighted by molar-refractivity contribution is -0.145. The molecular weight excluding hydrogens is 212 g/mol. The van der Waals surface area contributed by atoms with Crippen LogP contribution >= 0.6 is 0 Å². The maximum Gasteiger partial charge on any atom is 0.305 e. The summed E-state index contributed by atoms with van der Waals surface area (Å²) in [5.41, 5.74) is 0. The average Bonchev–Trinajstić information content (AvgIpc) is 2.58. The highest BCUT2D eigenvalue weighted by molar-refractivity contribution is 5.83. The Morgan fingerprint density at radius 3 is 1.75 bits per heavy atom. The molecule has 1 fully saturated rings. The molecule has 1 aliphatic rings. The Morgan fingerprint density at radius 2 is 1.44 bits per heavy atom. The summed E-state index contributed by atoms with van der Waals surface area (Å²) in [6, 6.07) is 0. The molecule has 0 amide bonds. The lowest BCUT2D eigenvalue weighted by Crippen LogP contribution is -2.17. The molecule has 5 heteroatoms. The van der Waals surface area contributed by atoms with Crippen LogP contribution in [0.15, 0.2) is 0 Å². The molecular formula is C11H16O5. The van der Waals surface area contributed by atoms with E-state index in [4.69, 9.17) is 0 Å². The largest absolute Gasteiger partial charge is 0.469 e. The molecule has 0 spiro atoms. The first-order chi connectivity index (χ1) is 7.56. The Hall–Kier alpha value is -1.39. The monoisotopic (exact) mass is 228 g/mol. The van der Waals surface area contributed by atoms with Crippen molar-refractivity contribution in [3.8, 4) is 0 Å². The zero-order valence-electron chi connectivity index (χ0n) is 9.52. The number of ketones is 1. The Kier molecular flexibility index (Phi) is 4.46. The number of ether oxygens (including phenoxy) is 2. The van der Waals surface area contributed by atoms with Gasteiger partial charge < -0.3 is 9.47 Å². The Balaban J connectivity index is 2.55. The first-order valence-corrected chi connectivity index (χ1v) is 5.22. The second kappa shape index (κ2) is 5.63. The third-order valence-corrected chi connectivity index (χ3v) is 2.96. The lowest BCUT2D eigenvalue weighted by Gasteiger charge is -2.15. The molecule has 1 aliphatic carbocycles. The van der Waals surface area contributed by atoms with Crippen LogP contribution in [0.2, 0.25) is 0 Å². The van der Waals surface area contributed by atoms with Gasteiger partial charge in [0.05, 0.1) is 14.2 Å². The summed E-state index contributed by atoms with van der Waals surface area (Å²) in [6.45, 7) is 0. The van der Waals surface area contributed by atoms with Crippen LogP contribution in [0.3, 0.4) is 0 Å². The van der Waals surface area contributed by atoms with Crippen molar-refractivity contribution < 1.29 is 23.9 Å². The molecule has 90 valence electrons. The molecule has 0 aromatic heterocycles. The van der Waals surface area contributed by atoms with E-state index < -0.39 is 0 Å². The van der Waals surface area contributed by atoms with Gasteiger partial charge in [-0.05, 0) is 11.8 Å². The fourth-order valence-corrected chi connectivity index (χ4v) is 2.07. The summed E-state index contributed by atoms with van der Waals surface area (Å²) in [7, 11) is 2.63. The van der Waals surface area contributed by atoms with Gasteiger partial charge in [-0.3, -0.25) is 14.4 Å². The van der Waals surface area contributed by atoms with Gasteiger partial charge in [-0.2, -0.15) is 0 Å². The van der Waals surface area contributed by atoms with Crippen LogP contribution in [0, 0.1) is 11.8 Å². The lowest BCUT2D eigenvalue weighted by atomic mass is 9.90. The van der Waals surface area contributed by atoms with Gasteiger partial charge in [-0.1, -0.05) is 0 Å². The Bertz CT molecular complexity index is 269. The van der Waals surface area contributed by atoms with Crippen molar-refractivity contribution in [2.45, 2.75) is 25.7 Å². The molecule has 5 nitrogen and oxygen atoms in total. The molecule has 0 heterocycles. The molecule has 0 aromatic carbocycles. The predicted octanol–water partition coefficient (Wildman–Crippen LogP) is 0.708. The molecule has 0 saturated heterocycles. The zero-order chi connectivity index (χ0) is 12.1. The molecule has 0 unspecified atom stereocenters. The molecule has 0 radical (unpaired) electrons. The number of hydrogen-bond acceptors (Lipinski definition) is 5. The first-order valence-electron chi connectivity index (χ1n) is 5.22. The van der Waals surface area contributed by atoms with Crippen molar-refractivity contribution in [2.75, 3.05) is 14.2 Å². The number of esters is 2. The van der Waals surface area contributed by atoms with E-state index in [9.17, 15) is 14.4 Å². The van der Waals surface area contributed by atoms with E-state index in [0.717, 1.165) is 0 Å². The van der Waals surface area contributed by atoms with Gasteiger partial charge in [0.1, 0.15) is 5.78 Å². The van der Waals surface area contributed by atoms with Gasteiger partial charge in [0.15, 0.2) is 0 Å². The second-order valence-electron chi connectivity index (χ2n) is 4.03. The summed E-state index contributed by atoms with van der Waals surface area (Å²) in [5.74, 6) is -0.745. The van der Waals surface area contributed by atoms with Crippen molar-refractivity contribution in [1.29, 1.82) is 0 Å². The third kappa shape index (κ3) is 3.32. The number of hydrogen-bond donors (Lipinski definition) is 0. The summed E-state index contributed by atoms with van der Waals surface area (Å²) < 4.78 is 9.12. The minimum atomic E-state index is -0.338. The number of rotatable bonds is 4. The molecule has 0 aromatic rings. The van der Waals surface area contributed by atoms with Crippen LogP contribution < -0.4 is 0 Å². The minimum absolute atomic E-state index is 0.0842. The number of carbonyl (C=O) groups is 3. The van der Waals surface area contributed by atoms with Crippen molar-refractivity contribution in [2.24, 2.45) is 11.8 Å². The SMILES string of the molecule is COC(=O)C[C@H]1CC(=O)C[C@@H]1CC(=O)OC. The van der Waals surface area contributed by atoms with Crippen molar-refractivity contribution >= 4 is 17.7 Å². The highest BCUT2D eigenvalue weighted by atomic mass is 16.5. The van der Waals surface area contributed by atoms with Gasteiger partial charge in [-0.25, -0.2) is 0 Å². The van der Waals surface area contributed by atoms with E-state index in [1.165, 1.54) is 14.2 Å². The normalized spacial score (nSPS) is 24.2. The Morgan fingerprint density at radius 1 is 1.06 bits per heavy atom. The van der Waals surface area contributed by atoms with Gasteiger partial charge >= 0.3 is 11.9 Å². The fraction of sp³-hybridized carbons (Fsp3) is 0.727. The van der Waals surface area contributed by atoms with E-state index in [1.807, 2.05) is 0 Å². The highest BCUT2D eigenvalue weighted by Crippen LogP contribution is 2.34. The van der Waals surface area contributed by atoms with E-state index in [2.05, 4.69) is 9.47 Å². The average molecular weight is 228 g/mol.